The SMILES string of the molecule is Cc1ccc(-c2nc(CN(CCO)Cc3nccn3C)no2)cc1. The highest BCUT2D eigenvalue weighted by Gasteiger charge is 2.14. The lowest BCUT2D eigenvalue weighted by Gasteiger charge is -2.18. The molecule has 2 heterocycles. The number of aryl methyl sites for hydroxylation is 2. The first-order chi connectivity index (χ1) is 11.7. The molecule has 0 bridgehead atoms. The summed E-state index contributed by atoms with van der Waals surface area (Å²) in [6.45, 7) is 3.71. The van der Waals surface area contributed by atoms with Crippen LogP contribution in [0.2, 0.25) is 0 Å². The second-order valence-electron chi connectivity index (χ2n) is 5.77. The summed E-state index contributed by atoms with van der Waals surface area (Å²) in [5.74, 6) is 2.02. The van der Waals surface area contributed by atoms with Gasteiger partial charge in [-0.3, -0.25) is 4.90 Å². The molecule has 1 aromatic carbocycles. The standard InChI is InChI=1S/C17H21N5O2/c1-13-3-5-14(6-4-13)17-19-15(20-24-17)11-22(9-10-23)12-16-18-7-8-21(16)2/h3-8,23H,9-12H2,1-2H3. The van der Waals surface area contributed by atoms with E-state index in [-0.39, 0.29) is 6.61 Å². The largest absolute Gasteiger partial charge is 0.395 e. The van der Waals surface area contributed by atoms with Gasteiger partial charge in [-0.05, 0) is 19.1 Å². The molecule has 7 heteroatoms. The van der Waals surface area contributed by atoms with E-state index in [0.717, 1.165) is 11.4 Å². The van der Waals surface area contributed by atoms with Crippen molar-refractivity contribution in [3.63, 3.8) is 0 Å². The third-order valence-electron chi connectivity index (χ3n) is 3.83. The van der Waals surface area contributed by atoms with Gasteiger partial charge in [-0.25, -0.2) is 4.98 Å². The van der Waals surface area contributed by atoms with Gasteiger partial charge in [0.05, 0.1) is 19.7 Å². The van der Waals surface area contributed by atoms with Crippen LogP contribution >= 0.6 is 0 Å². The molecule has 0 aliphatic carbocycles. The number of rotatable bonds is 7. The van der Waals surface area contributed by atoms with Crippen molar-refractivity contribution in [2.45, 2.75) is 20.0 Å². The van der Waals surface area contributed by atoms with Gasteiger partial charge < -0.3 is 14.2 Å². The molecule has 0 aliphatic rings. The van der Waals surface area contributed by atoms with Crippen LogP contribution in [0.25, 0.3) is 11.5 Å². The van der Waals surface area contributed by atoms with E-state index in [1.54, 1.807) is 6.20 Å². The van der Waals surface area contributed by atoms with Gasteiger partial charge in [0, 0.05) is 31.5 Å². The normalized spacial score (nSPS) is 11.3. The molecule has 0 fully saturated rings. The molecule has 3 aromatic rings. The molecule has 24 heavy (non-hydrogen) atoms. The number of aromatic nitrogens is 4. The zero-order valence-electron chi connectivity index (χ0n) is 13.9. The molecule has 0 saturated heterocycles. The Labute approximate surface area is 140 Å². The van der Waals surface area contributed by atoms with Crippen LogP contribution in [0.5, 0.6) is 0 Å². The molecule has 0 amide bonds. The second kappa shape index (κ2) is 7.37. The lowest BCUT2D eigenvalue weighted by Crippen LogP contribution is -2.27. The van der Waals surface area contributed by atoms with Crippen molar-refractivity contribution in [1.82, 2.24) is 24.6 Å². The van der Waals surface area contributed by atoms with Crippen molar-refractivity contribution in [3.05, 3.63) is 53.9 Å². The first-order valence-electron chi connectivity index (χ1n) is 7.85. The maximum atomic E-state index is 9.29. The van der Waals surface area contributed by atoms with Gasteiger partial charge in [-0.15, -0.1) is 0 Å². The highest BCUT2D eigenvalue weighted by Crippen LogP contribution is 2.18. The van der Waals surface area contributed by atoms with E-state index in [9.17, 15) is 5.11 Å². The molecule has 2 aromatic heterocycles. The summed E-state index contributed by atoms with van der Waals surface area (Å²) in [5.41, 5.74) is 2.08. The van der Waals surface area contributed by atoms with E-state index in [0.29, 0.717) is 31.3 Å². The van der Waals surface area contributed by atoms with Crippen molar-refractivity contribution in [2.24, 2.45) is 7.05 Å². The van der Waals surface area contributed by atoms with Crippen molar-refractivity contribution in [2.75, 3.05) is 13.2 Å². The van der Waals surface area contributed by atoms with Gasteiger partial charge in [-0.1, -0.05) is 22.9 Å². The molecule has 126 valence electrons. The average Bonchev–Trinajstić information content (AvgIpc) is 3.18. The van der Waals surface area contributed by atoms with E-state index >= 15 is 0 Å². The summed E-state index contributed by atoms with van der Waals surface area (Å²) in [6.07, 6.45) is 3.66. The quantitative estimate of drug-likeness (QED) is 0.712. The van der Waals surface area contributed by atoms with Gasteiger partial charge in [0.1, 0.15) is 5.82 Å². The minimum Gasteiger partial charge on any atom is -0.395 e. The number of aliphatic hydroxyl groups excluding tert-OH is 1. The van der Waals surface area contributed by atoms with E-state index < -0.39 is 0 Å². The Morgan fingerprint density at radius 1 is 1.21 bits per heavy atom. The Bertz CT molecular complexity index is 778. The molecule has 0 radical (unpaired) electrons. The van der Waals surface area contributed by atoms with E-state index in [1.807, 2.05) is 53.9 Å². The van der Waals surface area contributed by atoms with Crippen molar-refractivity contribution >= 4 is 0 Å². The molecule has 0 aliphatic heterocycles. The van der Waals surface area contributed by atoms with Crippen LogP contribution in [0.4, 0.5) is 0 Å². The zero-order chi connectivity index (χ0) is 16.9. The van der Waals surface area contributed by atoms with Crippen LogP contribution in [-0.2, 0) is 20.1 Å². The fraction of sp³-hybridized carbons (Fsp3) is 0.353. The van der Waals surface area contributed by atoms with E-state index in [4.69, 9.17) is 4.52 Å². The van der Waals surface area contributed by atoms with Crippen LogP contribution in [0.1, 0.15) is 17.2 Å². The highest BCUT2D eigenvalue weighted by atomic mass is 16.5. The van der Waals surface area contributed by atoms with Crippen LogP contribution in [0.3, 0.4) is 0 Å². The first-order valence-corrected chi connectivity index (χ1v) is 7.85. The van der Waals surface area contributed by atoms with Crippen molar-refractivity contribution in [3.8, 4) is 11.5 Å². The predicted molar refractivity (Wildman–Crippen MR) is 88.9 cm³/mol. The third-order valence-corrected chi connectivity index (χ3v) is 3.83. The highest BCUT2D eigenvalue weighted by molar-refractivity contribution is 5.53. The van der Waals surface area contributed by atoms with E-state index in [1.165, 1.54) is 5.56 Å². The fourth-order valence-corrected chi connectivity index (χ4v) is 2.44. The molecule has 7 nitrogen and oxygen atoms in total. The Hall–Kier alpha value is -2.51. The summed E-state index contributed by atoms with van der Waals surface area (Å²) in [5, 5.41) is 13.3. The maximum absolute atomic E-state index is 9.29. The lowest BCUT2D eigenvalue weighted by atomic mass is 10.1. The minimum absolute atomic E-state index is 0.0626. The Kier molecular flexibility index (Phi) is 5.02. The summed E-state index contributed by atoms with van der Waals surface area (Å²) in [7, 11) is 1.95. The second-order valence-corrected chi connectivity index (χ2v) is 5.77. The van der Waals surface area contributed by atoms with Crippen LogP contribution < -0.4 is 0 Å². The van der Waals surface area contributed by atoms with Crippen LogP contribution in [0, 0.1) is 6.92 Å². The van der Waals surface area contributed by atoms with Gasteiger partial charge in [0.15, 0.2) is 5.82 Å². The molecule has 0 atom stereocenters. The predicted octanol–water partition coefficient (Wildman–Crippen LogP) is 1.77. The number of aliphatic hydroxyl groups is 1. The van der Waals surface area contributed by atoms with Crippen molar-refractivity contribution < 1.29 is 9.63 Å². The summed E-state index contributed by atoms with van der Waals surface area (Å²) >= 11 is 0. The lowest BCUT2D eigenvalue weighted by molar-refractivity contribution is 0.175. The number of hydrogen-bond donors (Lipinski definition) is 1. The number of imidazole rings is 1. The Morgan fingerprint density at radius 2 is 2.00 bits per heavy atom. The number of nitrogens with zero attached hydrogens (tertiary/aromatic N) is 5. The molecule has 1 N–H and O–H groups in total. The summed E-state index contributed by atoms with van der Waals surface area (Å²) in [4.78, 5) is 10.8. The molecular formula is C17H21N5O2. The first kappa shape index (κ1) is 16.4. The Morgan fingerprint density at radius 3 is 2.67 bits per heavy atom. The Balaban J connectivity index is 1.71. The van der Waals surface area contributed by atoms with Crippen LogP contribution in [-0.4, -0.2) is 42.8 Å². The molecule has 0 saturated carbocycles. The molecular weight excluding hydrogens is 306 g/mol. The summed E-state index contributed by atoms with van der Waals surface area (Å²) < 4.78 is 7.31. The zero-order valence-corrected chi connectivity index (χ0v) is 13.9. The van der Waals surface area contributed by atoms with E-state index in [2.05, 4.69) is 15.1 Å². The topological polar surface area (TPSA) is 80.2 Å². The summed E-state index contributed by atoms with van der Waals surface area (Å²) in [6, 6.07) is 7.95. The smallest absolute Gasteiger partial charge is 0.257 e. The monoisotopic (exact) mass is 327 g/mol. The molecule has 3 rings (SSSR count). The van der Waals surface area contributed by atoms with Crippen molar-refractivity contribution in [1.29, 1.82) is 0 Å². The van der Waals surface area contributed by atoms with Crippen LogP contribution in [0.15, 0.2) is 41.2 Å². The van der Waals surface area contributed by atoms with Gasteiger partial charge in [0.25, 0.3) is 5.89 Å². The fourth-order valence-electron chi connectivity index (χ4n) is 2.44. The van der Waals surface area contributed by atoms with Gasteiger partial charge >= 0.3 is 0 Å². The van der Waals surface area contributed by atoms with Gasteiger partial charge in [-0.2, -0.15) is 4.98 Å². The minimum atomic E-state index is 0.0626. The molecule has 0 unspecified atom stereocenters. The number of hydrogen-bond acceptors (Lipinski definition) is 6. The third kappa shape index (κ3) is 3.87. The molecule has 0 spiro atoms. The maximum Gasteiger partial charge on any atom is 0.257 e. The van der Waals surface area contributed by atoms with Gasteiger partial charge in [0.2, 0.25) is 0 Å². The number of benzene rings is 1. The average molecular weight is 327 g/mol.